The Morgan fingerprint density at radius 3 is 2.21 bits per heavy atom. The van der Waals surface area contributed by atoms with Crippen molar-refractivity contribution in [3.05, 3.63) is 65.2 Å². The summed E-state index contributed by atoms with van der Waals surface area (Å²) in [5.74, 6) is -2.05. The van der Waals surface area contributed by atoms with Crippen LogP contribution in [-0.4, -0.2) is 28.9 Å². The lowest BCUT2D eigenvalue weighted by Gasteiger charge is -2.13. The van der Waals surface area contributed by atoms with E-state index in [9.17, 15) is 14.4 Å². The van der Waals surface area contributed by atoms with Crippen LogP contribution in [-0.2, 0) is 4.79 Å². The number of benzene rings is 2. The van der Waals surface area contributed by atoms with Crippen molar-refractivity contribution < 1.29 is 19.5 Å². The van der Waals surface area contributed by atoms with Crippen LogP contribution in [0.2, 0.25) is 0 Å². The van der Waals surface area contributed by atoms with E-state index in [1.165, 1.54) is 13.0 Å². The Morgan fingerprint density at radius 2 is 1.58 bits per heavy atom. The Morgan fingerprint density at radius 1 is 0.958 bits per heavy atom. The Hall–Kier alpha value is -3.15. The Labute approximate surface area is 139 Å². The summed E-state index contributed by atoms with van der Waals surface area (Å²) < 4.78 is 0. The molecule has 0 fully saturated rings. The highest BCUT2D eigenvalue weighted by Gasteiger charge is 2.18. The fraction of sp³-hybridized carbons (Fsp3) is 0.167. The number of carbonyl (C=O) groups excluding carboxylic acids is 2. The number of anilines is 1. The summed E-state index contributed by atoms with van der Waals surface area (Å²) in [6.07, 6.45) is 0. The standard InChI is InChI=1S/C18H18N2O4/c1-11-7-9-13(10-8-11)16(21)20-15-6-4-3-5-14(15)17(22)19-12(2)18(23)24/h3-10,12H,1-2H3,(H,19,22)(H,20,21)(H,23,24)/t12-/m1/s1. The van der Waals surface area contributed by atoms with E-state index < -0.39 is 17.9 Å². The monoisotopic (exact) mass is 326 g/mol. The maximum absolute atomic E-state index is 12.3. The van der Waals surface area contributed by atoms with E-state index in [1.54, 1.807) is 30.3 Å². The molecule has 2 aromatic carbocycles. The first kappa shape index (κ1) is 17.2. The van der Waals surface area contributed by atoms with Crippen molar-refractivity contribution >= 4 is 23.5 Å². The van der Waals surface area contributed by atoms with Gasteiger partial charge in [-0.05, 0) is 38.1 Å². The molecule has 3 N–H and O–H groups in total. The molecule has 124 valence electrons. The van der Waals surface area contributed by atoms with Gasteiger partial charge in [0, 0.05) is 5.56 Å². The molecule has 0 saturated carbocycles. The first-order valence-electron chi connectivity index (χ1n) is 7.39. The van der Waals surface area contributed by atoms with E-state index in [1.807, 2.05) is 19.1 Å². The van der Waals surface area contributed by atoms with Crippen LogP contribution in [0, 0.1) is 6.92 Å². The number of hydrogen-bond donors (Lipinski definition) is 3. The number of aliphatic carboxylic acids is 1. The van der Waals surface area contributed by atoms with E-state index in [-0.39, 0.29) is 11.5 Å². The van der Waals surface area contributed by atoms with Crippen LogP contribution < -0.4 is 10.6 Å². The maximum atomic E-state index is 12.3. The van der Waals surface area contributed by atoms with E-state index in [4.69, 9.17) is 5.11 Å². The average Bonchev–Trinajstić information content (AvgIpc) is 2.55. The first-order valence-corrected chi connectivity index (χ1v) is 7.39. The molecule has 1 atom stereocenters. The fourth-order valence-corrected chi connectivity index (χ4v) is 2.03. The smallest absolute Gasteiger partial charge is 0.325 e. The van der Waals surface area contributed by atoms with Gasteiger partial charge in [-0.2, -0.15) is 0 Å². The quantitative estimate of drug-likeness (QED) is 0.786. The minimum absolute atomic E-state index is 0.200. The molecule has 0 heterocycles. The van der Waals surface area contributed by atoms with Gasteiger partial charge in [0.25, 0.3) is 11.8 Å². The van der Waals surface area contributed by atoms with Gasteiger partial charge in [0.1, 0.15) is 6.04 Å². The molecule has 0 spiro atoms. The Balaban J connectivity index is 2.19. The van der Waals surface area contributed by atoms with Crippen LogP contribution in [0.5, 0.6) is 0 Å². The van der Waals surface area contributed by atoms with Crippen LogP contribution in [0.4, 0.5) is 5.69 Å². The topological polar surface area (TPSA) is 95.5 Å². The van der Waals surface area contributed by atoms with Gasteiger partial charge in [-0.1, -0.05) is 29.8 Å². The fourth-order valence-electron chi connectivity index (χ4n) is 2.03. The third kappa shape index (κ3) is 4.19. The molecule has 0 aliphatic rings. The number of nitrogens with one attached hydrogen (secondary N) is 2. The molecule has 2 amide bonds. The van der Waals surface area contributed by atoms with Crippen molar-refractivity contribution in [1.29, 1.82) is 0 Å². The van der Waals surface area contributed by atoms with Crippen molar-refractivity contribution in [1.82, 2.24) is 5.32 Å². The number of aryl methyl sites for hydroxylation is 1. The van der Waals surface area contributed by atoms with Crippen molar-refractivity contribution in [2.45, 2.75) is 19.9 Å². The molecule has 2 rings (SSSR count). The predicted molar refractivity (Wildman–Crippen MR) is 90.1 cm³/mol. The molecular formula is C18H18N2O4. The van der Waals surface area contributed by atoms with Gasteiger partial charge in [0.05, 0.1) is 11.3 Å². The molecule has 2 aromatic rings. The number of amides is 2. The maximum Gasteiger partial charge on any atom is 0.325 e. The van der Waals surface area contributed by atoms with Crippen LogP contribution in [0.25, 0.3) is 0 Å². The third-order valence-corrected chi connectivity index (χ3v) is 3.45. The first-order chi connectivity index (χ1) is 11.4. The number of carboxylic acid groups (broad SMARTS) is 1. The van der Waals surface area contributed by atoms with Gasteiger partial charge in [-0.15, -0.1) is 0 Å². The molecule has 0 unspecified atom stereocenters. The summed E-state index contributed by atoms with van der Waals surface area (Å²) >= 11 is 0. The van der Waals surface area contributed by atoms with Crippen molar-refractivity contribution in [3.8, 4) is 0 Å². The van der Waals surface area contributed by atoms with Gasteiger partial charge in [0.2, 0.25) is 0 Å². The summed E-state index contributed by atoms with van der Waals surface area (Å²) in [5.41, 5.74) is 2.02. The summed E-state index contributed by atoms with van der Waals surface area (Å²) in [6.45, 7) is 3.29. The molecule has 0 bridgehead atoms. The van der Waals surface area contributed by atoms with Crippen LogP contribution in [0.15, 0.2) is 48.5 Å². The van der Waals surface area contributed by atoms with Crippen LogP contribution in [0.1, 0.15) is 33.2 Å². The lowest BCUT2D eigenvalue weighted by atomic mass is 10.1. The zero-order valence-electron chi connectivity index (χ0n) is 13.4. The van der Waals surface area contributed by atoms with Gasteiger partial charge >= 0.3 is 5.97 Å². The number of carboxylic acids is 1. The molecule has 0 saturated heterocycles. The molecule has 0 aliphatic carbocycles. The van der Waals surface area contributed by atoms with E-state index in [0.29, 0.717) is 11.3 Å². The number of para-hydroxylation sites is 1. The average molecular weight is 326 g/mol. The summed E-state index contributed by atoms with van der Waals surface area (Å²) in [6, 6.07) is 12.4. The van der Waals surface area contributed by atoms with Gasteiger partial charge in [-0.3, -0.25) is 14.4 Å². The zero-order valence-corrected chi connectivity index (χ0v) is 13.4. The Bertz CT molecular complexity index is 769. The minimum Gasteiger partial charge on any atom is -0.480 e. The van der Waals surface area contributed by atoms with Crippen LogP contribution in [0.3, 0.4) is 0 Å². The molecule has 0 aliphatic heterocycles. The number of carbonyl (C=O) groups is 3. The largest absolute Gasteiger partial charge is 0.480 e. The van der Waals surface area contributed by atoms with Gasteiger partial charge in [-0.25, -0.2) is 0 Å². The van der Waals surface area contributed by atoms with E-state index in [2.05, 4.69) is 10.6 Å². The van der Waals surface area contributed by atoms with Gasteiger partial charge in [0.15, 0.2) is 0 Å². The molecule has 0 aromatic heterocycles. The normalized spacial score (nSPS) is 11.4. The summed E-state index contributed by atoms with van der Waals surface area (Å²) in [4.78, 5) is 35.4. The second kappa shape index (κ2) is 7.41. The van der Waals surface area contributed by atoms with E-state index in [0.717, 1.165) is 5.56 Å². The van der Waals surface area contributed by atoms with Crippen molar-refractivity contribution in [3.63, 3.8) is 0 Å². The summed E-state index contributed by atoms with van der Waals surface area (Å²) in [7, 11) is 0. The SMILES string of the molecule is Cc1ccc(C(=O)Nc2ccccc2C(=O)N[C@H](C)C(=O)O)cc1. The number of hydrogen-bond acceptors (Lipinski definition) is 3. The van der Waals surface area contributed by atoms with Crippen molar-refractivity contribution in [2.24, 2.45) is 0 Å². The highest BCUT2D eigenvalue weighted by molar-refractivity contribution is 6.09. The van der Waals surface area contributed by atoms with E-state index >= 15 is 0 Å². The molecule has 24 heavy (non-hydrogen) atoms. The molecular weight excluding hydrogens is 308 g/mol. The lowest BCUT2D eigenvalue weighted by molar-refractivity contribution is -0.138. The second-order valence-electron chi connectivity index (χ2n) is 5.40. The highest BCUT2D eigenvalue weighted by atomic mass is 16.4. The Kier molecular flexibility index (Phi) is 5.31. The number of rotatable bonds is 5. The molecule has 0 radical (unpaired) electrons. The van der Waals surface area contributed by atoms with Gasteiger partial charge < -0.3 is 15.7 Å². The lowest BCUT2D eigenvalue weighted by Crippen LogP contribution is -2.38. The molecule has 6 nitrogen and oxygen atoms in total. The predicted octanol–water partition coefficient (Wildman–Crippen LogP) is 2.45. The third-order valence-electron chi connectivity index (χ3n) is 3.45. The second-order valence-corrected chi connectivity index (χ2v) is 5.40. The van der Waals surface area contributed by atoms with Crippen LogP contribution >= 0.6 is 0 Å². The zero-order chi connectivity index (χ0) is 17.7. The highest BCUT2D eigenvalue weighted by Crippen LogP contribution is 2.16. The van der Waals surface area contributed by atoms with Crippen molar-refractivity contribution in [2.75, 3.05) is 5.32 Å². The summed E-state index contributed by atoms with van der Waals surface area (Å²) in [5, 5.41) is 13.9. The molecule has 6 heteroatoms. The minimum atomic E-state index is -1.13.